The molecule has 1 aliphatic carbocycles. The molecule has 1 atom stereocenters. The Balaban J connectivity index is 2.01. The Labute approximate surface area is 119 Å². The zero-order valence-corrected chi connectivity index (χ0v) is 12.0. The van der Waals surface area contributed by atoms with Crippen molar-refractivity contribution in [3.05, 3.63) is 35.4 Å². The first-order valence-corrected chi connectivity index (χ1v) is 7.08. The van der Waals surface area contributed by atoms with E-state index in [9.17, 15) is 4.79 Å². The number of rotatable bonds is 2. The summed E-state index contributed by atoms with van der Waals surface area (Å²) in [4.78, 5) is 11.7. The molecular formula is C16H20O4. The van der Waals surface area contributed by atoms with E-state index in [1.165, 1.54) is 7.11 Å². The second kappa shape index (κ2) is 4.86. The largest absolute Gasteiger partial charge is 0.465 e. The molecule has 1 saturated heterocycles. The van der Waals surface area contributed by atoms with E-state index in [1.807, 2.05) is 18.2 Å². The van der Waals surface area contributed by atoms with Gasteiger partial charge in [0.25, 0.3) is 0 Å². The first-order chi connectivity index (χ1) is 9.61. The summed E-state index contributed by atoms with van der Waals surface area (Å²) >= 11 is 0. The minimum Gasteiger partial charge on any atom is -0.465 e. The fourth-order valence-electron chi connectivity index (χ4n) is 3.53. The van der Waals surface area contributed by atoms with E-state index in [1.54, 1.807) is 6.07 Å². The summed E-state index contributed by atoms with van der Waals surface area (Å²) in [6.07, 6.45) is 2.97. The van der Waals surface area contributed by atoms with Gasteiger partial charge in [0.05, 0.1) is 25.9 Å². The van der Waals surface area contributed by atoms with Crippen LogP contribution < -0.4 is 0 Å². The third-order valence-corrected chi connectivity index (χ3v) is 4.70. The van der Waals surface area contributed by atoms with E-state index in [-0.39, 0.29) is 11.4 Å². The fourth-order valence-corrected chi connectivity index (χ4v) is 3.53. The molecule has 0 bridgehead atoms. The first-order valence-electron chi connectivity index (χ1n) is 7.08. The topological polar surface area (TPSA) is 44.8 Å². The average molecular weight is 276 g/mol. The van der Waals surface area contributed by atoms with Crippen LogP contribution in [0.5, 0.6) is 0 Å². The Morgan fingerprint density at radius 2 is 2.00 bits per heavy atom. The zero-order chi connectivity index (χ0) is 14.2. The number of methoxy groups -OCH3 is 1. The number of hydrogen-bond acceptors (Lipinski definition) is 4. The van der Waals surface area contributed by atoms with Crippen molar-refractivity contribution in [2.24, 2.45) is 0 Å². The Morgan fingerprint density at radius 3 is 2.70 bits per heavy atom. The summed E-state index contributed by atoms with van der Waals surface area (Å²) in [6, 6.07) is 7.62. The quantitative estimate of drug-likeness (QED) is 0.779. The van der Waals surface area contributed by atoms with Crippen LogP contribution in [0.25, 0.3) is 0 Å². The van der Waals surface area contributed by atoms with Gasteiger partial charge in [-0.15, -0.1) is 0 Å². The lowest BCUT2D eigenvalue weighted by Gasteiger charge is -2.39. The monoisotopic (exact) mass is 276 g/mol. The van der Waals surface area contributed by atoms with Crippen molar-refractivity contribution in [2.75, 3.05) is 20.3 Å². The third-order valence-electron chi connectivity index (χ3n) is 4.70. The molecule has 4 nitrogen and oxygen atoms in total. The molecule has 4 heteroatoms. The number of ether oxygens (including phenoxy) is 3. The molecule has 1 spiro atoms. The van der Waals surface area contributed by atoms with Crippen LogP contribution >= 0.6 is 0 Å². The van der Waals surface area contributed by atoms with Crippen LogP contribution in [-0.2, 0) is 19.6 Å². The molecule has 1 aliphatic heterocycles. The van der Waals surface area contributed by atoms with E-state index in [2.05, 4.69) is 6.92 Å². The van der Waals surface area contributed by atoms with Gasteiger partial charge < -0.3 is 14.2 Å². The van der Waals surface area contributed by atoms with Crippen molar-refractivity contribution < 1.29 is 19.0 Å². The number of esters is 1. The van der Waals surface area contributed by atoms with Crippen LogP contribution in [0, 0.1) is 0 Å². The summed E-state index contributed by atoms with van der Waals surface area (Å²) in [5.41, 5.74) is 1.44. The molecule has 1 heterocycles. The molecule has 3 rings (SSSR count). The van der Waals surface area contributed by atoms with Gasteiger partial charge >= 0.3 is 5.97 Å². The van der Waals surface area contributed by atoms with E-state index < -0.39 is 5.79 Å². The number of carbonyl (C=O) groups is 1. The molecule has 0 aromatic heterocycles. The van der Waals surface area contributed by atoms with Crippen LogP contribution in [0.15, 0.2) is 24.3 Å². The normalized spacial score (nSPS) is 27.9. The molecule has 2 aliphatic rings. The van der Waals surface area contributed by atoms with Crippen molar-refractivity contribution in [1.29, 1.82) is 0 Å². The number of hydrogen-bond donors (Lipinski definition) is 0. The highest BCUT2D eigenvalue weighted by atomic mass is 16.7. The highest BCUT2D eigenvalue weighted by Gasteiger charge is 2.57. The smallest absolute Gasteiger partial charge is 0.337 e. The van der Waals surface area contributed by atoms with Gasteiger partial charge in [-0.05, 0) is 30.5 Å². The van der Waals surface area contributed by atoms with Gasteiger partial charge in [-0.1, -0.05) is 19.1 Å². The lowest BCUT2D eigenvalue weighted by Crippen LogP contribution is -2.46. The van der Waals surface area contributed by atoms with Crippen LogP contribution in [0.1, 0.15) is 42.1 Å². The minimum atomic E-state index is -0.526. The Morgan fingerprint density at radius 1 is 1.25 bits per heavy atom. The van der Waals surface area contributed by atoms with Gasteiger partial charge in [0.2, 0.25) is 0 Å². The molecule has 0 radical (unpaired) electrons. The Bertz CT molecular complexity index is 513. The van der Waals surface area contributed by atoms with E-state index in [0.29, 0.717) is 18.8 Å². The number of benzene rings is 1. The van der Waals surface area contributed by atoms with Crippen LogP contribution in [0.4, 0.5) is 0 Å². The van der Waals surface area contributed by atoms with E-state index in [4.69, 9.17) is 14.2 Å². The van der Waals surface area contributed by atoms with Gasteiger partial charge in [0.1, 0.15) is 0 Å². The van der Waals surface area contributed by atoms with Crippen molar-refractivity contribution in [3.63, 3.8) is 0 Å². The Kier molecular flexibility index (Phi) is 3.30. The molecular weight excluding hydrogens is 256 g/mol. The standard InChI is InChI=1S/C16H20O4/c1-15(7-4-8-16(15)19-9-10-20-16)13-6-3-5-12(11-13)14(17)18-2/h3,5-6,11H,4,7-10H2,1-2H3/t15-/m1/s1. The molecule has 1 aromatic carbocycles. The van der Waals surface area contributed by atoms with Crippen molar-refractivity contribution in [2.45, 2.75) is 37.4 Å². The predicted molar refractivity (Wildman–Crippen MR) is 73.6 cm³/mol. The molecule has 0 amide bonds. The summed E-state index contributed by atoms with van der Waals surface area (Å²) in [7, 11) is 1.40. The van der Waals surface area contributed by atoms with E-state index in [0.717, 1.165) is 24.8 Å². The summed E-state index contributed by atoms with van der Waals surface area (Å²) in [5.74, 6) is -0.836. The molecule has 1 saturated carbocycles. The minimum absolute atomic E-state index is 0.215. The maximum Gasteiger partial charge on any atom is 0.337 e. The molecule has 0 N–H and O–H groups in total. The highest BCUT2D eigenvalue weighted by Crippen LogP contribution is 2.52. The first kappa shape index (κ1) is 13.6. The molecule has 1 aromatic rings. The maximum atomic E-state index is 11.7. The molecule has 2 fully saturated rings. The Hall–Kier alpha value is -1.39. The molecule has 108 valence electrons. The zero-order valence-electron chi connectivity index (χ0n) is 12.0. The lowest BCUT2D eigenvalue weighted by molar-refractivity contribution is -0.190. The van der Waals surface area contributed by atoms with Gasteiger partial charge in [-0.25, -0.2) is 4.79 Å². The second-order valence-electron chi connectivity index (χ2n) is 5.71. The highest BCUT2D eigenvalue weighted by molar-refractivity contribution is 5.89. The molecule has 0 unspecified atom stereocenters. The molecule has 20 heavy (non-hydrogen) atoms. The van der Waals surface area contributed by atoms with Crippen LogP contribution in [0.2, 0.25) is 0 Å². The van der Waals surface area contributed by atoms with Gasteiger partial charge in [0, 0.05) is 11.8 Å². The van der Waals surface area contributed by atoms with Crippen LogP contribution in [-0.4, -0.2) is 32.1 Å². The second-order valence-corrected chi connectivity index (χ2v) is 5.71. The lowest BCUT2D eigenvalue weighted by atomic mass is 9.76. The van der Waals surface area contributed by atoms with Crippen molar-refractivity contribution >= 4 is 5.97 Å². The average Bonchev–Trinajstić information content (AvgIpc) is 3.08. The summed E-state index contributed by atoms with van der Waals surface area (Å²) in [5, 5.41) is 0. The predicted octanol–water partition coefficient (Wildman–Crippen LogP) is 2.66. The third kappa shape index (κ3) is 1.86. The fraction of sp³-hybridized carbons (Fsp3) is 0.562. The van der Waals surface area contributed by atoms with Crippen molar-refractivity contribution in [1.82, 2.24) is 0 Å². The maximum absolute atomic E-state index is 11.7. The van der Waals surface area contributed by atoms with Gasteiger partial charge in [-0.3, -0.25) is 0 Å². The number of carbonyl (C=O) groups excluding carboxylic acids is 1. The van der Waals surface area contributed by atoms with Crippen LogP contribution in [0.3, 0.4) is 0 Å². The summed E-state index contributed by atoms with van der Waals surface area (Å²) in [6.45, 7) is 3.46. The van der Waals surface area contributed by atoms with Gasteiger partial charge in [-0.2, -0.15) is 0 Å². The SMILES string of the molecule is COC(=O)c1cccc([C@@]2(C)CCCC23OCCO3)c1. The van der Waals surface area contributed by atoms with Gasteiger partial charge in [0.15, 0.2) is 5.79 Å². The summed E-state index contributed by atoms with van der Waals surface area (Å²) < 4.78 is 16.7. The van der Waals surface area contributed by atoms with E-state index >= 15 is 0 Å². The van der Waals surface area contributed by atoms with Crippen molar-refractivity contribution in [3.8, 4) is 0 Å².